The van der Waals surface area contributed by atoms with Crippen LogP contribution < -0.4 is 0 Å². The zero-order valence-electron chi connectivity index (χ0n) is 15.0. The second kappa shape index (κ2) is 8.34. The fourth-order valence-electron chi connectivity index (χ4n) is 2.67. The molecule has 0 bridgehead atoms. The predicted molar refractivity (Wildman–Crippen MR) is 112 cm³/mol. The van der Waals surface area contributed by atoms with Crippen molar-refractivity contribution in [1.82, 2.24) is 30.0 Å². The van der Waals surface area contributed by atoms with Crippen molar-refractivity contribution < 1.29 is 0 Å². The Bertz CT molecular complexity index is 1090. The van der Waals surface area contributed by atoms with Crippen molar-refractivity contribution in [3.05, 3.63) is 70.3 Å². The van der Waals surface area contributed by atoms with Gasteiger partial charge >= 0.3 is 0 Å². The zero-order valence-corrected chi connectivity index (χ0v) is 17.3. The van der Waals surface area contributed by atoms with E-state index in [2.05, 4.69) is 32.6 Å². The number of hydrogen-bond acceptors (Lipinski definition) is 5. The molecule has 0 spiro atoms. The average Bonchev–Trinajstić information content (AvgIpc) is 3.34. The molecule has 2 aromatic carbocycles. The van der Waals surface area contributed by atoms with Crippen LogP contribution in [-0.4, -0.2) is 30.0 Å². The van der Waals surface area contributed by atoms with Crippen molar-refractivity contribution in [2.24, 2.45) is 0 Å². The molecular formula is C19H16Cl2N6S. The van der Waals surface area contributed by atoms with E-state index in [0.717, 1.165) is 22.0 Å². The van der Waals surface area contributed by atoms with Gasteiger partial charge in [-0.3, -0.25) is 0 Å². The minimum atomic E-state index is 0.522. The number of rotatable bonds is 6. The first-order valence-electron chi connectivity index (χ1n) is 8.64. The Kier molecular flexibility index (Phi) is 5.66. The van der Waals surface area contributed by atoms with E-state index in [9.17, 15) is 0 Å². The molecule has 28 heavy (non-hydrogen) atoms. The Morgan fingerprint density at radius 1 is 1.07 bits per heavy atom. The van der Waals surface area contributed by atoms with E-state index in [1.807, 2.05) is 31.2 Å². The number of halogens is 2. The lowest BCUT2D eigenvalue weighted by atomic mass is 10.2. The molecule has 0 fully saturated rings. The van der Waals surface area contributed by atoms with Crippen LogP contribution >= 0.6 is 35.0 Å². The highest BCUT2D eigenvalue weighted by Crippen LogP contribution is 2.35. The number of tetrazole rings is 1. The molecule has 0 saturated heterocycles. The summed E-state index contributed by atoms with van der Waals surface area (Å²) in [6, 6.07) is 15.6. The first-order valence-corrected chi connectivity index (χ1v) is 10.4. The third-order valence-corrected chi connectivity index (χ3v) is 5.74. The summed E-state index contributed by atoms with van der Waals surface area (Å²) >= 11 is 14.1. The number of aryl methyl sites for hydroxylation is 1. The maximum atomic E-state index is 6.43. The first-order chi connectivity index (χ1) is 13.7. The molecule has 0 aliphatic heterocycles. The van der Waals surface area contributed by atoms with Crippen LogP contribution in [0.2, 0.25) is 10.0 Å². The molecule has 142 valence electrons. The predicted octanol–water partition coefficient (Wildman–Crippen LogP) is 5.14. The average molecular weight is 431 g/mol. The van der Waals surface area contributed by atoms with Crippen molar-refractivity contribution in [3.63, 3.8) is 0 Å². The van der Waals surface area contributed by atoms with Gasteiger partial charge in [0.15, 0.2) is 0 Å². The minimum absolute atomic E-state index is 0.522. The quantitative estimate of drug-likeness (QED) is 0.396. The zero-order chi connectivity index (χ0) is 19.5. The molecule has 0 N–H and O–H groups in total. The molecule has 4 aromatic rings. The second-order valence-electron chi connectivity index (χ2n) is 5.95. The van der Waals surface area contributed by atoms with E-state index in [4.69, 9.17) is 23.2 Å². The molecule has 2 aromatic heterocycles. The van der Waals surface area contributed by atoms with Gasteiger partial charge in [-0.2, -0.15) is 9.90 Å². The van der Waals surface area contributed by atoms with Gasteiger partial charge < -0.3 is 0 Å². The van der Waals surface area contributed by atoms with Gasteiger partial charge in [0.1, 0.15) is 5.03 Å². The fourth-order valence-corrected chi connectivity index (χ4v) is 4.22. The second-order valence-corrected chi connectivity index (χ2v) is 7.75. The molecule has 0 radical (unpaired) electrons. The van der Waals surface area contributed by atoms with Gasteiger partial charge in [0.05, 0.1) is 29.0 Å². The molecule has 0 saturated carbocycles. The van der Waals surface area contributed by atoms with Crippen LogP contribution in [0.25, 0.3) is 17.1 Å². The number of hydrogen-bond donors (Lipinski definition) is 0. The van der Waals surface area contributed by atoms with Crippen molar-refractivity contribution in [2.75, 3.05) is 0 Å². The first kappa shape index (κ1) is 19.0. The van der Waals surface area contributed by atoms with Gasteiger partial charge in [0.25, 0.3) is 0 Å². The largest absolute Gasteiger partial charge is 0.225 e. The van der Waals surface area contributed by atoms with Crippen molar-refractivity contribution >= 4 is 35.0 Å². The lowest BCUT2D eigenvalue weighted by Crippen LogP contribution is -2.00. The lowest BCUT2D eigenvalue weighted by molar-refractivity contribution is 0.552. The molecule has 6 nitrogen and oxygen atoms in total. The fraction of sp³-hybridized carbons (Fsp3) is 0.158. The van der Waals surface area contributed by atoms with E-state index in [-0.39, 0.29) is 0 Å². The van der Waals surface area contributed by atoms with Gasteiger partial charge in [-0.15, -0.1) is 22.0 Å². The van der Waals surface area contributed by atoms with E-state index >= 15 is 0 Å². The summed E-state index contributed by atoms with van der Waals surface area (Å²) in [7, 11) is 0. The summed E-state index contributed by atoms with van der Waals surface area (Å²) in [6.45, 7) is 2.62. The highest BCUT2D eigenvalue weighted by Gasteiger charge is 2.20. The highest BCUT2D eigenvalue weighted by atomic mass is 35.5. The van der Waals surface area contributed by atoms with E-state index in [0.29, 0.717) is 22.4 Å². The Hall–Kier alpha value is -2.35. The summed E-state index contributed by atoms with van der Waals surface area (Å²) in [5.41, 5.74) is 2.76. The summed E-state index contributed by atoms with van der Waals surface area (Å²) < 4.78 is 1.80. The number of nitrogens with zero attached hydrogens (tertiary/aromatic N) is 6. The summed E-state index contributed by atoms with van der Waals surface area (Å²) in [5.74, 6) is 1.31. The van der Waals surface area contributed by atoms with Gasteiger partial charge in [-0.1, -0.05) is 53.5 Å². The topological polar surface area (TPSA) is 61.4 Å². The SMILES string of the molecule is CCn1nnc(-c2cnn(-c3ccc(Cl)cc3Cl)c2SCc2ccccc2)n1. The molecule has 0 atom stereocenters. The lowest BCUT2D eigenvalue weighted by Gasteiger charge is -2.10. The molecule has 0 amide bonds. The summed E-state index contributed by atoms with van der Waals surface area (Å²) in [5, 5.41) is 19.2. The van der Waals surface area contributed by atoms with Crippen LogP contribution in [0.3, 0.4) is 0 Å². The number of aromatic nitrogens is 6. The molecule has 0 aliphatic rings. The Labute approximate surface area is 176 Å². The van der Waals surface area contributed by atoms with E-state index in [1.54, 1.807) is 39.6 Å². The summed E-state index contributed by atoms with van der Waals surface area (Å²) in [6.07, 6.45) is 1.75. The van der Waals surface area contributed by atoms with E-state index in [1.165, 1.54) is 5.56 Å². The molecule has 0 unspecified atom stereocenters. The van der Waals surface area contributed by atoms with Gasteiger partial charge in [-0.05, 0) is 35.9 Å². The van der Waals surface area contributed by atoms with Crippen LogP contribution in [0, 0.1) is 0 Å². The molecule has 9 heteroatoms. The third-order valence-electron chi connectivity index (χ3n) is 4.06. The number of thioether (sulfide) groups is 1. The maximum absolute atomic E-state index is 6.43. The van der Waals surface area contributed by atoms with Crippen LogP contribution in [0.1, 0.15) is 12.5 Å². The van der Waals surface area contributed by atoms with Crippen LogP contribution in [0.15, 0.2) is 59.8 Å². The van der Waals surface area contributed by atoms with Crippen molar-refractivity contribution in [2.45, 2.75) is 24.2 Å². The Morgan fingerprint density at radius 2 is 1.89 bits per heavy atom. The number of benzene rings is 2. The third kappa shape index (κ3) is 3.92. The monoisotopic (exact) mass is 430 g/mol. The van der Waals surface area contributed by atoms with Gasteiger partial charge in [0, 0.05) is 10.8 Å². The molecular weight excluding hydrogens is 415 g/mol. The van der Waals surface area contributed by atoms with Crippen molar-refractivity contribution in [3.8, 4) is 17.1 Å². The van der Waals surface area contributed by atoms with Crippen LogP contribution in [0.5, 0.6) is 0 Å². The van der Waals surface area contributed by atoms with Crippen LogP contribution in [0.4, 0.5) is 0 Å². The Balaban J connectivity index is 1.77. The molecule has 0 aliphatic carbocycles. The van der Waals surface area contributed by atoms with Crippen LogP contribution in [-0.2, 0) is 12.3 Å². The van der Waals surface area contributed by atoms with Gasteiger partial charge in [0.2, 0.25) is 5.82 Å². The molecule has 4 rings (SSSR count). The summed E-state index contributed by atoms with van der Waals surface area (Å²) in [4.78, 5) is 1.55. The Morgan fingerprint density at radius 3 is 2.61 bits per heavy atom. The maximum Gasteiger partial charge on any atom is 0.209 e. The van der Waals surface area contributed by atoms with Crippen molar-refractivity contribution in [1.29, 1.82) is 0 Å². The standard InChI is InChI=1S/C19H16Cl2N6S/c1-2-26-24-18(23-25-26)15-11-22-27(17-9-8-14(20)10-16(17)21)19(15)28-12-13-6-4-3-5-7-13/h3-11H,2,12H2,1H3. The molecule has 2 heterocycles. The van der Waals surface area contributed by atoms with Gasteiger partial charge in [-0.25, -0.2) is 4.68 Å². The highest BCUT2D eigenvalue weighted by molar-refractivity contribution is 7.98. The van der Waals surface area contributed by atoms with E-state index < -0.39 is 0 Å². The smallest absolute Gasteiger partial charge is 0.209 e. The minimum Gasteiger partial charge on any atom is -0.225 e. The normalized spacial score (nSPS) is 11.1.